The van der Waals surface area contributed by atoms with Crippen molar-refractivity contribution >= 4 is 22.9 Å². The van der Waals surface area contributed by atoms with Crippen LogP contribution in [0.3, 0.4) is 0 Å². The Kier molecular flexibility index (Phi) is 2.64. The van der Waals surface area contributed by atoms with E-state index in [1.807, 2.05) is 0 Å². The Morgan fingerprint density at radius 3 is 3.14 bits per heavy atom. The van der Waals surface area contributed by atoms with Crippen molar-refractivity contribution in [3.63, 3.8) is 0 Å². The van der Waals surface area contributed by atoms with Gasteiger partial charge in [0.2, 0.25) is 5.91 Å². The summed E-state index contributed by atoms with van der Waals surface area (Å²) in [6.45, 7) is 0.363. The number of amides is 1. The summed E-state index contributed by atoms with van der Waals surface area (Å²) in [5.41, 5.74) is 11.0. The number of hydrogen-bond donors (Lipinski definition) is 4. The summed E-state index contributed by atoms with van der Waals surface area (Å²) in [5, 5.41) is 13.6. The number of primary amides is 1. The number of ether oxygens (including phenoxy) is 1. The van der Waals surface area contributed by atoms with E-state index in [1.54, 1.807) is 4.57 Å². The molecule has 2 aromatic rings. The molecule has 1 amide bonds. The number of imidazole rings is 1. The van der Waals surface area contributed by atoms with Gasteiger partial charge >= 0.3 is 0 Å². The number of anilines is 1. The molecule has 116 valence electrons. The minimum atomic E-state index is -1.02. The van der Waals surface area contributed by atoms with Gasteiger partial charge in [-0.1, -0.05) is 0 Å². The van der Waals surface area contributed by atoms with Crippen molar-refractivity contribution in [2.45, 2.75) is 30.4 Å². The van der Waals surface area contributed by atoms with Crippen molar-refractivity contribution in [3.05, 3.63) is 12.7 Å². The number of hydrogen-bond acceptors (Lipinski definition) is 8. The van der Waals surface area contributed by atoms with Crippen LogP contribution in [0.4, 0.5) is 5.82 Å². The van der Waals surface area contributed by atoms with Crippen LogP contribution in [-0.4, -0.2) is 54.8 Å². The summed E-state index contributed by atoms with van der Waals surface area (Å²) in [4.78, 5) is 23.5. The Balaban J connectivity index is 1.75. The Hall–Kier alpha value is -2.30. The molecule has 4 heterocycles. The summed E-state index contributed by atoms with van der Waals surface area (Å²) in [7, 11) is 0. The van der Waals surface area contributed by atoms with Crippen LogP contribution in [0.5, 0.6) is 0 Å². The molecule has 2 bridgehead atoms. The van der Waals surface area contributed by atoms with Crippen LogP contribution in [0.1, 0.15) is 12.6 Å². The second-order valence-electron chi connectivity index (χ2n) is 5.65. The topological polar surface area (TPSA) is 154 Å². The van der Waals surface area contributed by atoms with Crippen LogP contribution in [0.2, 0.25) is 0 Å². The fourth-order valence-corrected chi connectivity index (χ4v) is 3.31. The normalized spacial score (nSPS) is 33.6. The summed E-state index contributed by atoms with van der Waals surface area (Å²) in [6, 6.07) is -0.382. The molecule has 2 saturated heterocycles. The molecular weight excluding hydrogens is 290 g/mol. The largest absolute Gasteiger partial charge is 0.388 e. The number of rotatable bonds is 3. The molecule has 0 aliphatic carbocycles. The van der Waals surface area contributed by atoms with Crippen LogP contribution < -0.4 is 16.8 Å². The number of nitrogen functional groups attached to an aromatic ring is 1. The first-order valence-corrected chi connectivity index (χ1v) is 6.82. The molecule has 4 rings (SSSR count). The highest BCUT2D eigenvalue weighted by Gasteiger charge is 2.60. The number of nitrogens with two attached hydrogens (primary N) is 2. The zero-order chi connectivity index (χ0) is 15.5. The van der Waals surface area contributed by atoms with Crippen molar-refractivity contribution in [3.8, 4) is 0 Å². The van der Waals surface area contributed by atoms with Gasteiger partial charge in [-0.25, -0.2) is 15.0 Å². The van der Waals surface area contributed by atoms with E-state index in [9.17, 15) is 9.90 Å². The van der Waals surface area contributed by atoms with Gasteiger partial charge in [-0.15, -0.1) is 0 Å². The molecular formula is C12H15N7O3. The maximum atomic E-state index is 11.3. The molecule has 0 unspecified atom stereocenters. The average molecular weight is 305 g/mol. The second kappa shape index (κ2) is 4.35. The van der Waals surface area contributed by atoms with Crippen molar-refractivity contribution in [2.24, 2.45) is 5.73 Å². The molecule has 4 atom stereocenters. The quantitative estimate of drug-likeness (QED) is 0.502. The van der Waals surface area contributed by atoms with Gasteiger partial charge < -0.3 is 26.6 Å². The molecule has 2 aromatic heterocycles. The van der Waals surface area contributed by atoms with E-state index in [0.29, 0.717) is 17.7 Å². The lowest BCUT2D eigenvalue weighted by molar-refractivity contribution is -0.137. The first kappa shape index (κ1) is 13.4. The van der Waals surface area contributed by atoms with Crippen molar-refractivity contribution < 1.29 is 14.6 Å². The van der Waals surface area contributed by atoms with Gasteiger partial charge in [-0.3, -0.25) is 9.36 Å². The van der Waals surface area contributed by atoms with Crippen molar-refractivity contribution in [2.75, 3.05) is 12.3 Å². The van der Waals surface area contributed by atoms with E-state index < -0.39 is 23.8 Å². The third-order valence-corrected chi connectivity index (χ3v) is 4.31. The van der Waals surface area contributed by atoms with Gasteiger partial charge in [0.25, 0.3) is 0 Å². The van der Waals surface area contributed by atoms with Gasteiger partial charge in [-0.05, 0) is 0 Å². The highest BCUT2D eigenvalue weighted by Crippen LogP contribution is 2.44. The SMILES string of the molecule is NC(=O)C[C@]12CN[C@@H]([C@H](n3cnc4c(N)ncnc43)O1)[C@@H]2O. The van der Waals surface area contributed by atoms with Gasteiger partial charge in [0, 0.05) is 6.54 Å². The number of nitrogens with zero attached hydrogens (tertiary/aromatic N) is 4. The fraction of sp³-hybridized carbons (Fsp3) is 0.500. The molecule has 0 aromatic carbocycles. The van der Waals surface area contributed by atoms with E-state index in [0.717, 1.165) is 0 Å². The van der Waals surface area contributed by atoms with Gasteiger partial charge in [-0.2, -0.15) is 0 Å². The molecule has 2 fully saturated rings. The Morgan fingerprint density at radius 1 is 1.55 bits per heavy atom. The predicted octanol–water partition coefficient (Wildman–Crippen LogP) is -2.12. The van der Waals surface area contributed by atoms with Crippen LogP contribution in [0, 0.1) is 0 Å². The minimum absolute atomic E-state index is 0.0576. The first-order chi connectivity index (χ1) is 10.5. The van der Waals surface area contributed by atoms with Crippen LogP contribution in [0.25, 0.3) is 11.2 Å². The van der Waals surface area contributed by atoms with Gasteiger partial charge in [0.05, 0.1) is 18.8 Å². The monoisotopic (exact) mass is 305 g/mol. The lowest BCUT2D eigenvalue weighted by Gasteiger charge is -2.30. The summed E-state index contributed by atoms with van der Waals surface area (Å²) in [6.07, 6.45) is 1.42. The van der Waals surface area contributed by atoms with Crippen molar-refractivity contribution in [1.82, 2.24) is 24.8 Å². The maximum absolute atomic E-state index is 11.3. The van der Waals surface area contributed by atoms with Crippen LogP contribution in [0.15, 0.2) is 12.7 Å². The first-order valence-electron chi connectivity index (χ1n) is 6.82. The van der Waals surface area contributed by atoms with Gasteiger partial charge in [0.1, 0.15) is 23.5 Å². The smallest absolute Gasteiger partial charge is 0.220 e. The third kappa shape index (κ3) is 1.65. The van der Waals surface area contributed by atoms with E-state index in [-0.39, 0.29) is 18.3 Å². The summed E-state index contributed by atoms with van der Waals surface area (Å²) in [5.74, 6) is -0.253. The predicted molar refractivity (Wildman–Crippen MR) is 74.2 cm³/mol. The number of morpholine rings is 1. The molecule has 0 saturated carbocycles. The van der Waals surface area contributed by atoms with E-state index in [1.165, 1.54) is 12.7 Å². The number of carbonyl (C=O) groups excluding carboxylic acids is 1. The molecule has 0 radical (unpaired) electrons. The third-order valence-electron chi connectivity index (χ3n) is 4.31. The molecule has 2 aliphatic rings. The lowest BCUT2D eigenvalue weighted by Crippen LogP contribution is -2.46. The lowest BCUT2D eigenvalue weighted by atomic mass is 9.95. The highest BCUT2D eigenvalue weighted by molar-refractivity contribution is 5.81. The molecule has 22 heavy (non-hydrogen) atoms. The zero-order valence-corrected chi connectivity index (χ0v) is 11.5. The minimum Gasteiger partial charge on any atom is -0.388 e. The Bertz CT molecular complexity index is 762. The number of aliphatic hydroxyl groups is 1. The standard InChI is InChI=1S/C12H15N7O3/c13-5(20)1-12-2-15-6(8(12)21)11(22-12)19-4-18-7-9(14)16-3-17-10(7)19/h3-4,6,8,11,15,21H,1-2H2,(H2,13,20)(H2,14,16,17)/t6-,8+,11-,12-/m1/s1. The Labute approximate surface area is 124 Å². The molecule has 10 heteroatoms. The highest BCUT2D eigenvalue weighted by atomic mass is 16.6. The average Bonchev–Trinajstić information content (AvgIpc) is 3.09. The van der Waals surface area contributed by atoms with Crippen molar-refractivity contribution in [1.29, 1.82) is 0 Å². The maximum Gasteiger partial charge on any atom is 0.220 e. The summed E-state index contributed by atoms with van der Waals surface area (Å²) >= 11 is 0. The number of fused-ring (bicyclic) bond motifs is 3. The van der Waals surface area contributed by atoms with Crippen LogP contribution in [-0.2, 0) is 9.53 Å². The number of nitrogens with one attached hydrogen (secondary N) is 1. The van der Waals surface area contributed by atoms with Gasteiger partial charge in [0.15, 0.2) is 17.7 Å². The Morgan fingerprint density at radius 2 is 2.36 bits per heavy atom. The molecule has 10 nitrogen and oxygen atoms in total. The number of aliphatic hydroxyl groups excluding tert-OH is 1. The van der Waals surface area contributed by atoms with E-state index >= 15 is 0 Å². The molecule has 6 N–H and O–H groups in total. The van der Waals surface area contributed by atoms with E-state index in [4.69, 9.17) is 16.2 Å². The zero-order valence-electron chi connectivity index (χ0n) is 11.5. The fourth-order valence-electron chi connectivity index (χ4n) is 3.31. The van der Waals surface area contributed by atoms with E-state index in [2.05, 4.69) is 20.3 Å². The number of carbonyl (C=O) groups is 1. The second-order valence-corrected chi connectivity index (χ2v) is 5.65. The summed E-state index contributed by atoms with van der Waals surface area (Å²) < 4.78 is 7.65. The van der Waals surface area contributed by atoms with Crippen LogP contribution >= 0.6 is 0 Å². The number of aromatic nitrogens is 4. The molecule has 2 aliphatic heterocycles. The molecule has 0 spiro atoms.